The van der Waals surface area contributed by atoms with E-state index in [0.717, 1.165) is 43.9 Å². The molecule has 0 amide bonds. The van der Waals surface area contributed by atoms with Crippen molar-refractivity contribution in [2.45, 2.75) is 81.3 Å². The number of aliphatic hydroxyl groups excluding tert-OH is 1. The largest absolute Gasteiger partial charge is 0.395 e. The molecular weight excluding hydrogens is 657 g/mol. The molecule has 48 heavy (non-hydrogen) atoms. The van der Waals surface area contributed by atoms with Crippen LogP contribution in [0.5, 0.6) is 0 Å². The number of hydrogen-bond donors (Lipinski definition) is 6. The van der Waals surface area contributed by atoms with Gasteiger partial charge in [0.1, 0.15) is 5.65 Å². The summed E-state index contributed by atoms with van der Waals surface area (Å²) in [5, 5.41) is 24.0. The summed E-state index contributed by atoms with van der Waals surface area (Å²) in [5.41, 5.74) is 7.84. The van der Waals surface area contributed by atoms with E-state index in [9.17, 15) is 18.3 Å². The van der Waals surface area contributed by atoms with Crippen molar-refractivity contribution in [3.05, 3.63) is 75.0 Å². The number of nitrogens with zero attached hydrogens (tertiary/aromatic N) is 2. The molecule has 1 aliphatic heterocycles. The van der Waals surface area contributed by atoms with Crippen LogP contribution in [-0.2, 0) is 16.3 Å². The number of hydrogen-bond acceptors (Lipinski definition) is 8. The van der Waals surface area contributed by atoms with Crippen molar-refractivity contribution in [1.82, 2.24) is 25.2 Å². The Morgan fingerprint density at radius 3 is 2.75 bits per heavy atom. The van der Waals surface area contributed by atoms with Crippen molar-refractivity contribution in [3.8, 4) is 16.9 Å². The predicted molar refractivity (Wildman–Crippen MR) is 187 cm³/mol. The van der Waals surface area contributed by atoms with Gasteiger partial charge < -0.3 is 26.5 Å². The number of aromatic nitrogens is 3. The molecule has 0 bridgehead atoms. The van der Waals surface area contributed by atoms with Gasteiger partial charge in [-0.3, -0.25) is 9.98 Å². The van der Waals surface area contributed by atoms with E-state index in [4.69, 9.17) is 22.7 Å². The van der Waals surface area contributed by atoms with E-state index in [0.29, 0.717) is 54.0 Å². The first-order valence-electron chi connectivity index (χ1n) is 16.2. The number of amidine groups is 1. The number of nitrogens with one attached hydrogen (secondary N) is 4. The first-order valence-corrected chi connectivity index (χ1v) is 18.5. The molecule has 1 fully saturated rings. The predicted octanol–water partition coefficient (Wildman–Crippen LogP) is 4.77. The van der Waals surface area contributed by atoms with E-state index in [1.807, 2.05) is 0 Å². The molecule has 4 aromatic rings. The number of aliphatic hydroxyl groups is 1. The molecule has 258 valence electrons. The summed E-state index contributed by atoms with van der Waals surface area (Å²) in [7, 11) is -3.68. The number of H-pyrrole nitrogens is 1. The van der Waals surface area contributed by atoms with Crippen molar-refractivity contribution in [2.24, 2.45) is 5.73 Å². The van der Waals surface area contributed by atoms with Crippen LogP contribution in [0.3, 0.4) is 0 Å². The molecule has 5 rings (SSSR count). The lowest BCUT2D eigenvalue weighted by atomic mass is 10.0. The fourth-order valence-electron chi connectivity index (χ4n) is 6.35. The highest BCUT2D eigenvalue weighted by molar-refractivity contribution is 7.90. The molecule has 2 aromatic carbocycles. The number of fused-ring (bicyclic) bond motifs is 1. The van der Waals surface area contributed by atoms with Crippen molar-refractivity contribution in [3.63, 3.8) is 0 Å². The van der Waals surface area contributed by atoms with Crippen molar-refractivity contribution in [2.75, 3.05) is 19.4 Å². The van der Waals surface area contributed by atoms with Crippen LogP contribution in [0, 0.1) is 11.2 Å². The number of aromatic amines is 1. The summed E-state index contributed by atoms with van der Waals surface area (Å²) >= 11 is 6.25. The smallest absolute Gasteiger partial charge is 0.354 e. The van der Waals surface area contributed by atoms with Crippen molar-refractivity contribution < 1.29 is 17.9 Å². The zero-order valence-electron chi connectivity index (χ0n) is 27.2. The minimum Gasteiger partial charge on any atom is -0.395 e. The van der Waals surface area contributed by atoms with Gasteiger partial charge in [-0.05, 0) is 86.9 Å². The minimum absolute atomic E-state index is 0.0406. The molecule has 3 heterocycles. The highest BCUT2D eigenvalue weighted by Crippen LogP contribution is 2.33. The van der Waals surface area contributed by atoms with Crippen LogP contribution < -0.4 is 22.1 Å². The highest BCUT2D eigenvalue weighted by Gasteiger charge is 2.26. The molecule has 0 unspecified atom stereocenters. The van der Waals surface area contributed by atoms with E-state index < -0.39 is 21.3 Å². The molecule has 1 saturated heterocycles. The summed E-state index contributed by atoms with van der Waals surface area (Å²) < 4.78 is 42.8. The Labute approximate surface area is 284 Å². The Bertz CT molecular complexity index is 1960. The van der Waals surface area contributed by atoms with Crippen LogP contribution in [0.25, 0.3) is 28.0 Å². The van der Waals surface area contributed by atoms with Gasteiger partial charge in [-0.15, -0.1) is 0 Å². The quantitative estimate of drug-likeness (QED) is 0.0904. The third-order valence-corrected chi connectivity index (χ3v) is 10.3. The zero-order chi connectivity index (χ0) is 34.6. The Balaban J connectivity index is 1.46. The number of halogens is 2. The number of nitrogens with two attached hydrogens (primary N) is 1. The number of benzene rings is 2. The topological polar surface area (TPSA) is 179 Å². The standard InChI is InChI=1S/C34H43ClFN7O4S/c1-20(37)39-13-12-24-8-3-4-9-29(40-24)26-11-10-25(17-31(26)48(2,46)47)43-18-22-16-30(41-33(22)42-34(43)45)27-14-21(15-28(35)32(27)36)6-5-7-23(38)19-44/h10-11,14-18,23-24,29,40,44H,3-9,12-13,19,38H2,1-2H3,(H2,37,39)(H,41,42,45)/t23-,24+,29+/m1/s1. The first-order chi connectivity index (χ1) is 22.8. The lowest BCUT2D eigenvalue weighted by molar-refractivity contribution is 0.258. The summed E-state index contributed by atoms with van der Waals surface area (Å²) in [6, 6.07) is 9.59. The molecule has 11 nitrogen and oxygen atoms in total. The molecule has 0 saturated carbocycles. The Kier molecular flexibility index (Phi) is 11.4. The normalized spacial score (nSPS) is 17.7. The third kappa shape index (κ3) is 8.50. The van der Waals surface area contributed by atoms with Gasteiger partial charge in [-0.2, -0.15) is 4.98 Å². The second-order valence-electron chi connectivity index (χ2n) is 12.7. The lowest BCUT2D eigenvalue weighted by Gasteiger charge is -2.25. The minimum atomic E-state index is -3.68. The van der Waals surface area contributed by atoms with E-state index in [2.05, 4.69) is 20.6 Å². The molecule has 0 radical (unpaired) electrons. The molecule has 3 atom stereocenters. The fourth-order valence-corrected chi connectivity index (χ4v) is 7.56. The van der Waals surface area contributed by atoms with Crippen LogP contribution in [0.1, 0.15) is 69.0 Å². The van der Waals surface area contributed by atoms with Gasteiger partial charge in [-0.1, -0.05) is 30.5 Å². The van der Waals surface area contributed by atoms with Crippen molar-refractivity contribution >= 4 is 38.3 Å². The summed E-state index contributed by atoms with van der Waals surface area (Å²) in [6.45, 7) is 2.25. The molecule has 1 aliphatic rings. The third-order valence-electron chi connectivity index (χ3n) is 8.83. The molecule has 7 N–H and O–H groups in total. The molecule has 0 aliphatic carbocycles. The maximum atomic E-state index is 15.2. The monoisotopic (exact) mass is 699 g/mol. The zero-order valence-corrected chi connectivity index (χ0v) is 28.7. The summed E-state index contributed by atoms with van der Waals surface area (Å²) in [6.07, 6.45) is 9.09. The van der Waals surface area contributed by atoms with E-state index in [1.165, 1.54) is 10.6 Å². The highest BCUT2D eigenvalue weighted by atomic mass is 35.5. The Hall–Kier alpha value is -3.62. The second kappa shape index (κ2) is 15.3. The van der Waals surface area contributed by atoms with Gasteiger partial charge in [0.25, 0.3) is 0 Å². The van der Waals surface area contributed by atoms with Crippen LogP contribution in [-0.4, -0.2) is 65.4 Å². The van der Waals surface area contributed by atoms with Gasteiger partial charge in [-0.25, -0.2) is 17.6 Å². The van der Waals surface area contributed by atoms with Crippen LogP contribution >= 0.6 is 11.6 Å². The van der Waals surface area contributed by atoms with E-state index in [1.54, 1.807) is 43.5 Å². The second-order valence-corrected chi connectivity index (χ2v) is 15.1. The van der Waals surface area contributed by atoms with Crippen LogP contribution in [0.4, 0.5) is 4.39 Å². The average molecular weight is 700 g/mol. The van der Waals surface area contributed by atoms with E-state index in [-0.39, 0.29) is 45.9 Å². The molecule has 0 spiro atoms. The van der Waals surface area contributed by atoms with Gasteiger partial charge in [0.2, 0.25) is 0 Å². The average Bonchev–Trinajstić information content (AvgIpc) is 3.29. The maximum absolute atomic E-state index is 15.2. The fraction of sp³-hybridized carbons (Fsp3) is 0.441. The number of sulfone groups is 1. The summed E-state index contributed by atoms with van der Waals surface area (Å²) in [4.78, 5) is 20.6. The van der Waals surface area contributed by atoms with Gasteiger partial charge in [0.15, 0.2) is 15.7 Å². The van der Waals surface area contributed by atoms with Crippen molar-refractivity contribution in [1.29, 1.82) is 5.41 Å². The van der Waals surface area contributed by atoms with Gasteiger partial charge in [0.05, 0.1) is 33.7 Å². The SMILES string of the molecule is CC(=N)NCC[C@@H]1CCCC[C@@H](c2ccc(-n3cc4cc(-c5cc(CCC[C@@H](N)CO)cc(Cl)c5F)[nH]c4nc3=O)cc2S(C)(=O)=O)N1. The van der Waals surface area contributed by atoms with Gasteiger partial charge >= 0.3 is 5.69 Å². The maximum Gasteiger partial charge on any atom is 0.354 e. The first kappa shape index (κ1) is 35.7. The Morgan fingerprint density at radius 1 is 1.25 bits per heavy atom. The molecule has 14 heteroatoms. The number of aryl methyl sites for hydroxylation is 1. The van der Waals surface area contributed by atoms with Crippen LogP contribution in [0.2, 0.25) is 5.02 Å². The van der Waals surface area contributed by atoms with Gasteiger partial charge in [0, 0.05) is 48.1 Å². The lowest BCUT2D eigenvalue weighted by Crippen LogP contribution is -2.35. The summed E-state index contributed by atoms with van der Waals surface area (Å²) in [5.74, 6) is -0.204. The van der Waals surface area contributed by atoms with Crippen LogP contribution in [0.15, 0.2) is 52.3 Å². The van der Waals surface area contributed by atoms with E-state index >= 15 is 4.39 Å². The Morgan fingerprint density at radius 2 is 2.02 bits per heavy atom. The molecular formula is C34H43ClFN7O4S. The number of rotatable bonds is 12. The molecule has 2 aromatic heterocycles.